The van der Waals surface area contributed by atoms with E-state index in [2.05, 4.69) is 10.2 Å². The van der Waals surface area contributed by atoms with Gasteiger partial charge in [0, 0.05) is 5.56 Å². The van der Waals surface area contributed by atoms with Crippen molar-refractivity contribution in [2.24, 2.45) is 0 Å². The van der Waals surface area contributed by atoms with Gasteiger partial charge in [0.2, 0.25) is 0 Å². The van der Waals surface area contributed by atoms with Crippen LogP contribution in [0.5, 0.6) is 5.75 Å². The number of carbonyl (C=O) groups is 1. The molecule has 0 amide bonds. The Morgan fingerprint density at radius 2 is 1.68 bits per heavy atom. The molecular weight excluding hydrogens is 352 g/mol. The predicted molar refractivity (Wildman–Crippen MR) is 105 cm³/mol. The minimum Gasteiger partial charge on any atom is -0.506 e. The summed E-state index contributed by atoms with van der Waals surface area (Å²) in [7, 11) is 0. The number of rotatable bonds is 4. The minimum absolute atomic E-state index is 0.0378. The lowest BCUT2D eigenvalue weighted by molar-refractivity contribution is 0.104. The Morgan fingerprint density at radius 1 is 1.00 bits per heavy atom. The van der Waals surface area contributed by atoms with Crippen LogP contribution in [0.3, 0.4) is 0 Å². The van der Waals surface area contributed by atoms with E-state index in [4.69, 9.17) is 5.26 Å². The van der Waals surface area contributed by atoms with Gasteiger partial charge in [-0.05, 0) is 60.2 Å². The summed E-state index contributed by atoms with van der Waals surface area (Å²) in [4.78, 5) is 13.7. The molecule has 0 spiro atoms. The van der Waals surface area contributed by atoms with Crippen LogP contribution in [0.25, 0.3) is 22.8 Å². The van der Waals surface area contributed by atoms with Crippen LogP contribution in [0.15, 0.2) is 72.8 Å². The molecule has 6 heteroatoms. The standard InChI is InChI=1S/C22H14N4O2/c23-14-16-5-9-17(10-6-16)21(27)11-7-15-8-12-22(28)20(13-15)26-24-18-3-1-2-4-19(18)25-26/h1-13,28H/b11-7+. The molecule has 1 N–H and O–H groups in total. The van der Waals surface area contributed by atoms with Crippen molar-refractivity contribution in [2.75, 3.05) is 0 Å². The second kappa shape index (κ2) is 7.17. The average Bonchev–Trinajstić information content (AvgIpc) is 3.17. The molecule has 4 aromatic rings. The fourth-order valence-corrected chi connectivity index (χ4v) is 2.75. The Kier molecular flexibility index (Phi) is 4.40. The molecule has 6 nitrogen and oxygen atoms in total. The van der Waals surface area contributed by atoms with Crippen LogP contribution in [0.1, 0.15) is 21.5 Å². The number of hydrogen-bond donors (Lipinski definition) is 1. The first-order chi connectivity index (χ1) is 13.6. The summed E-state index contributed by atoms with van der Waals surface area (Å²) in [5.74, 6) is -0.141. The Bertz CT molecular complexity index is 1210. The van der Waals surface area contributed by atoms with Gasteiger partial charge >= 0.3 is 0 Å². The second-order valence-corrected chi connectivity index (χ2v) is 6.11. The van der Waals surface area contributed by atoms with Crippen molar-refractivity contribution in [3.63, 3.8) is 0 Å². The second-order valence-electron chi connectivity index (χ2n) is 6.11. The summed E-state index contributed by atoms with van der Waals surface area (Å²) in [6.07, 6.45) is 3.11. The van der Waals surface area contributed by atoms with E-state index in [0.29, 0.717) is 16.8 Å². The Hall–Kier alpha value is -4.24. The Morgan fingerprint density at radius 3 is 2.32 bits per heavy atom. The van der Waals surface area contributed by atoms with Gasteiger partial charge < -0.3 is 5.11 Å². The van der Waals surface area contributed by atoms with E-state index < -0.39 is 0 Å². The zero-order valence-corrected chi connectivity index (χ0v) is 14.6. The highest BCUT2D eigenvalue weighted by molar-refractivity contribution is 6.06. The quantitative estimate of drug-likeness (QED) is 0.437. The SMILES string of the molecule is N#Cc1ccc(C(=O)/C=C/c2ccc(O)c(-n3nc4ccccc4n3)c2)cc1. The summed E-state index contributed by atoms with van der Waals surface area (Å²) < 4.78 is 0. The molecule has 0 bridgehead atoms. The van der Waals surface area contributed by atoms with Crippen LogP contribution >= 0.6 is 0 Å². The molecule has 0 saturated heterocycles. The van der Waals surface area contributed by atoms with Crippen LogP contribution in [-0.4, -0.2) is 25.9 Å². The molecule has 1 heterocycles. The van der Waals surface area contributed by atoms with E-state index in [0.717, 1.165) is 16.6 Å². The lowest BCUT2D eigenvalue weighted by Crippen LogP contribution is -1.99. The van der Waals surface area contributed by atoms with Crippen molar-refractivity contribution >= 4 is 22.9 Å². The maximum atomic E-state index is 12.3. The maximum Gasteiger partial charge on any atom is 0.185 e. The van der Waals surface area contributed by atoms with Gasteiger partial charge in [-0.1, -0.05) is 24.3 Å². The fourth-order valence-electron chi connectivity index (χ4n) is 2.75. The summed E-state index contributed by atoms with van der Waals surface area (Å²) in [6, 6.07) is 20.8. The number of aromatic hydroxyl groups is 1. The molecular formula is C22H14N4O2. The van der Waals surface area contributed by atoms with Crippen molar-refractivity contribution in [1.29, 1.82) is 5.26 Å². The van der Waals surface area contributed by atoms with Crippen molar-refractivity contribution in [2.45, 2.75) is 0 Å². The van der Waals surface area contributed by atoms with Gasteiger partial charge in [0.05, 0.1) is 11.6 Å². The topological polar surface area (TPSA) is 91.8 Å². The molecule has 0 aliphatic carbocycles. The molecule has 0 fully saturated rings. The molecule has 0 atom stereocenters. The number of hydrogen-bond acceptors (Lipinski definition) is 5. The number of nitriles is 1. The maximum absolute atomic E-state index is 12.3. The molecule has 0 radical (unpaired) electrons. The number of phenols is 1. The summed E-state index contributed by atoms with van der Waals surface area (Å²) in [6.45, 7) is 0. The zero-order valence-electron chi connectivity index (χ0n) is 14.6. The van der Waals surface area contributed by atoms with Crippen molar-refractivity contribution in [3.05, 3.63) is 89.5 Å². The number of fused-ring (bicyclic) bond motifs is 1. The third-order valence-electron chi connectivity index (χ3n) is 4.23. The fraction of sp³-hybridized carbons (Fsp3) is 0. The van der Waals surface area contributed by atoms with Crippen molar-refractivity contribution in [1.82, 2.24) is 15.0 Å². The highest BCUT2D eigenvalue weighted by Crippen LogP contribution is 2.23. The summed E-state index contributed by atoms with van der Waals surface area (Å²) in [5.41, 5.74) is 3.58. The van der Waals surface area contributed by atoms with Crippen LogP contribution in [0.4, 0.5) is 0 Å². The van der Waals surface area contributed by atoms with E-state index in [1.165, 1.54) is 16.9 Å². The molecule has 0 unspecified atom stereocenters. The predicted octanol–water partition coefficient (Wildman–Crippen LogP) is 3.89. The average molecular weight is 366 g/mol. The first-order valence-electron chi connectivity index (χ1n) is 8.52. The van der Waals surface area contributed by atoms with E-state index >= 15 is 0 Å². The van der Waals surface area contributed by atoms with E-state index in [9.17, 15) is 9.90 Å². The third-order valence-corrected chi connectivity index (χ3v) is 4.23. The number of nitrogens with zero attached hydrogens (tertiary/aromatic N) is 4. The Balaban J connectivity index is 1.62. The van der Waals surface area contributed by atoms with Crippen LogP contribution in [0.2, 0.25) is 0 Å². The van der Waals surface area contributed by atoms with Gasteiger partial charge in [-0.15, -0.1) is 15.0 Å². The molecule has 28 heavy (non-hydrogen) atoms. The molecule has 1 aromatic heterocycles. The van der Waals surface area contributed by atoms with Gasteiger partial charge in [0.25, 0.3) is 0 Å². The summed E-state index contributed by atoms with van der Waals surface area (Å²) in [5, 5.41) is 27.8. The van der Waals surface area contributed by atoms with Crippen LogP contribution < -0.4 is 0 Å². The molecule has 0 aliphatic heterocycles. The van der Waals surface area contributed by atoms with E-state index in [1.807, 2.05) is 30.3 Å². The molecule has 134 valence electrons. The normalized spacial score (nSPS) is 11.0. The number of benzene rings is 3. The molecule has 0 aliphatic rings. The van der Waals surface area contributed by atoms with Gasteiger partial charge in [0.15, 0.2) is 5.78 Å². The van der Waals surface area contributed by atoms with Gasteiger partial charge in [0.1, 0.15) is 22.5 Å². The van der Waals surface area contributed by atoms with E-state index in [-0.39, 0.29) is 11.5 Å². The first kappa shape index (κ1) is 17.2. The van der Waals surface area contributed by atoms with E-state index in [1.54, 1.807) is 42.5 Å². The lowest BCUT2D eigenvalue weighted by atomic mass is 10.1. The lowest BCUT2D eigenvalue weighted by Gasteiger charge is -2.04. The first-order valence-corrected chi connectivity index (χ1v) is 8.52. The number of carbonyl (C=O) groups excluding carboxylic acids is 1. The molecule has 0 saturated carbocycles. The number of phenolic OH excluding ortho intramolecular Hbond substituents is 1. The third kappa shape index (κ3) is 3.37. The van der Waals surface area contributed by atoms with Gasteiger partial charge in [-0.2, -0.15) is 5.26 Å². The number of ketones is 1. The molecule has 4 rings (SSSR count). The minimum atomic E-state index is -0.179. The monoisotopic (exact) mass is 366 g/mol. The number of allylic oxidation sites excluding steroid dienone is 1. The molecule has 3 aromatic carbocycles. The highest BCUT2D eigenvalue weighted by atomic mass is 16.3. The van der Waals surface area contributed by atoms with Crippen molar-refractivity contribution < 1.29 is 9.90 Å². The largest absolute Gasteiger partial charge is 0.506 e. The summed E-state index contributed by atoms with van der Waals surface area (Å²) >= 11 is 0. The number of aromatic nitrogens is 3. The van der Waals surface area contributed by atoms with Crippen LogP contribution in [-0.2, 0) is 0 Å². The highest BCUT2D eigenvalue weighted by Gasteiger charge is 2.09. The van der Waals surface area contributed by atoms with Gasteiger partial charge in [-0.25, -0.2) is 0 Å². The van der Waals surface area contributed by atoms with Crippen LogP contribution in [0, 0.1) is 11.3 Å². The zero-order chi connectivity index (χ0) is 19.5. The Labute approximate surface area is 160 Å². The van der Waals surface area contributed by atoms with Crippen molar-refractivity contribution in [3.8, 4) is 17.5 Å². The van der Waals surface area contributed by atoms with Gasteiger partial charge in [-0.3, -0.25) is 4.79 Å². The smallest absolute Gasteiger partial charge is 0.185 e.